The van der Waals surface area contributed by atoms with Crippen molar-refractivity contribution in [2.24, 2.45) is 5.92 Å². The van der Waals surface area contributed by atoms with Crippen LogP contribution in [0.3, 0.4) is 0 Å². The number of ether oxygens (including phenoxy) is 1. The Balaban J connectivity index is 1.94. The molecule has 1 aliphatic rings. The molecule has 206 valence electrons. The van der Waals surface area contributed by atoms with Crippen molar-refractivity contribution in [1.82, 2.24) is 15.5 Å². The lowest BCUT2D eigenvalue weighted by Gasteiger charge is -2.35. The summed E-state index contributed by atoms with van der Waals surface area (Å²) in [6.45, 7) is 7.64. The van der Waals surface area contributed by atoms with E-state index in [1.54, 1.807) is 49.6 Å². The molecular formula is C29H39N3O5S. The number of hydrogen-bond donors (Lipinski definition) is 3. The Bertz CT molecular complexity index is 1090. The summed E-state index contributed by atoms with van der Waals surface area (Å²) in [5.41, 5.74) is 0.808. The molecule has 1 fully saturated rings. The van der Waals surface area contributed by atoms with Crippen LogP contribution in [0, 0.1) is 5.92 Å². The number of nitrogens with one attached hydrogen (secondary N) is 2. The third-order valence-corrected chi connectivity index (χ3v) is 6.97. The fraction of sp³-hybridized carbons (Fsp3) is 0.483. The molecule has 2 aromatic rings. The molecule has 1 aliphatic carbocycles. The fourth-order valence-electron chi connectivity index (χ4n) is 4.27. The molecule has 3 rings (SSSR count). The lowest BCUT2D eigenvalue weighted by molar-refractivity contribution is -0.143. The van der Waals surface area contributed by atoms with Crippen molar-refractivity contribution in [3.8, 4) is 5.75 Å². The molecule has 38 heavy (non-hydrogen) atoms. The molecule has 0 aromatic heterocycles. The highest BCUT2D eigenvalue weighted by Crippen LogP contribution is 2.41. The van der Waals surface area contributed by atoms with Gasteiger partial charge in [-0.05, 0) is 74.8 Å². The zero-order valence-electron chi connectivity index (χ0n) is 22.8. The second-order valence-electron chi connectivity index (χ2n) is 10.7. The molecule has 9 heteroatoms. The van der Waals surface area contributed by atoms with Crippen molar-refractivity contribution in [1.29, 1.82) is 0 Å². The van der Waals surface area contributed by atoms with Gasteiger partial charge in [0.05, 0.1) is 0 Å². The van der Waals surface area contributed by atoms with E-state index >= 15 is 0 Å². The summed E-state index contributed by atoms with van der Waals surface area (Å²) in [5.74, 6) is 0.271. The van der Waals surface area contributed by atoms with Crippen LogP contribution in [0.5, 0.6) is 5.75 Å². The summed E-state index contributed by atoms with van der Waals surface area (Å²) >= 11 is 1.57. The van der Waals surface area contributed by atoms with Crippen LogP contribution in [0.2, 0.25) is 0 Å². The predicted molar refractivity (Wildman–Crippen MR) is 150 cm³/mol. The van der Waals surface area contributed by atoms with E-state index in [1.165, 1.54) is 12.1 Å². The van der Waals surface area contributed by atoms with Crippen molar-refractivity contribution in [2.45, 2.75) is 70.8 Å². The maximum atomic E-state index is 14.2. The maximum Gasteiger partial charge on any atom is 0.408 e. The monoisotopic (exact) mass is 541 g/mol. The Labute approximate surface area is 229 Å². The van der Waals surface area contributed by atoms with E-state index in [1.807, 2.05) is 43.5 Å². The molecule has 8 nitrogen and oxygen atoms in total. The van der Waals surface area contributed by atoms with E-state index in [0.29, 0.717) is 24.3 Å². The van der Waals surface area contributed by atoms with Gasteiger partial charge in [-0.1, -0.05) is 49.4 Å². The largest absolute Gasteiger partial charge is 0.508 e. The van der Waals surface area contributed by atoms with E-state index in [4.69, 9.17) is 4.74 Å². The van der Waals surface area contributed by atoms with Crippen LogP contribution in [-0.4, -0.2) is 57.6 Å². The molecule has 0 spiro atoms. The third-order valence-electron chi connectivity index (χ3n) is 6.32. The van der Waals surface area contributed by atoms with Gasteiger partial charge in [0.1, 0.15) is 23.4 Å². The Morgan fingerprint density at radius 2 is 1.74 bits per heavy atom. The highest BCUT2D eigenvalue weighted by molar-refractivity contribution is 7.98. The van der Waals surface area contributed by atoms with Crippen molar-refractivity contribution in [2.75, 3.05) is 12.0 Å². The highest BCUT2D eigenvalue weighted by Gasteiger charge is 2.48. The number of rotatable bonds is 11. The predicted octanol–water partition coefficient (Wildman–Crippen LogP) is 4.63. The van der Waals surface area contributed by atoms with Gasteiger partial charge in [-0.15, -0.1) is 0 Å². The first-order valence-electron chi connectivity index (χ1n) is 12.9. The lowest BCUT2D eigenvalue weighted by Crippen LogP contribution is -2.54. The zero-order valence-corrected chi connectivity index (χ0v) is 23.6. The summed E-state index contributed by atoms with van der Waals surface area (Å²) in [6.07, 6.45) is 2.42. The number of amides is 3. The van der Waals surface area contributed by atoms with Gasteiger partial charge >= 0.3 is 6.09 Å². The minimum Gasteiger partial charge on any atom is -0.508 e. The zero-order chi connectivity index (χ0) is 27.9. The number of phenolic OH excluding ortho intramolecular Hbond substituents is 1. The van der Waals surface area contributed by atoms with Crippen LogP contribution in [0.1, 0.15) is 57.7 Å². The summed E-state index contributed by atoms with van der Waals surface area (Å²) in [5, 5.41) is 15.6. The number of phenols is 1. The number of nitrogens with zero attached hydrogens (tertiary/aromatic N) is 1. The number of alkyl carbamates (subject to hydrolysis) is 1. The van der Waals surface area contributed by atoms with Crippen molar-refractivity contribution in [3.05, 3.63) is 65.7 Å². The first-order chi connectivity index (χ1) is 18.0. The van der Waals surface area contributed by atoms with Crippen LogP contribution in [0.4, 0.5) is 4.79 Å². The quantitative estimate of drug-likeness (QED) is 0.383. The SMILES string of the molecule is CSCCC(NC(=O)OC(C)(C)C)C(=O)N(C(C(=O)NCc1ccccc1)c1ccc(O)cc1)C1CC1C. The van der Waals surface area contributed by atoms with E-state index in [0.717, 1.165) is 12.0 Å². The molecule has 4 atom stereocenters. The van der Waals surface area contributed by atoms with E-state index < -0.39 is 23.8 Å². The number of aromatic hydroxyl groups is 1. The third kappa shape index (κ3) is 8.41. The van der Waals surface area contributed by atoms with E-state index in [2.05, 4.69) is 10.6 Å². The van der Waals surface area contributed by atoms with Crippen LogP contribution in [0.25, 0.3) is 0 Å². The highest BCUT2D eigenvalue weighted by atomic mass is 32.2. The van der Waals surface area contributed by atoms with E-state index in [9.17, 15) is 19.5 Å². The molecule has 2 aromatic carbocycles. The number of carbonyl (C=O) groups is 3. The molecule has 0 radical (unpaired) electrons. The first kappa shape index (κ1) is 29.4. The summed E-state index contributed by atoms with van der Waals surface area (Å²) < 4.78 is 5.43. The lowest BCUT2D eigenvalue weighted by atomic mass is 10.0. The number of hydrogen-bond acceptors (Lipinski definition) is 6. The average molecular weight is 542 g/mol. The Hall–Kier alpha value is -3.20. The van der Waals surface area contributed by atoms with Crippen molar-refractivity contribution >= 4 is 29.7 Å². The molecular weight excluding hydrogens is 502 g/mol. The minimum absolute atomic E-state index is 0.0688. The minimum atomic E-state index is -0.932. The van der Waals surface area contributed by atoms with Gasteiger partial charge in [0.25, 0.3) is 0 Å². The van der Waals surface area contributed by atoms with Gasteiger partial charge in [0.15, 0.2) is 0 Å². The maximum absolute atomic E-state index is 14.2. The van der Waals surface area contributed by atoms with Crippen LogP contribution in [-0.2, 0) is 20.9 Å². The topological polar surface area (TPSA) is 108 Å². The van der Waals surface area contributed by atoms with Gasteiger partial charge in [-0.3, -0.25) is 9.59 Å². The molecule has 0 heterocycles. The second-order valence-corrected chi connectivity index (χ2v) is 11.7. The standard InChI is InChI=1S/C29H39N3O5S/c1-19-17-24(19)32(27(35)23(15-16-38-5)31-28(36)37-29(2,3)4)25(21-11-13-22(33)14-12-21)26(34)30-18-20-9-7-6-8-10-20/h6-14,19,23-25,33H,15-18H2,1-5H3,(H,30,34)(H,31,36). The fourth-order valence-corrected chi connectivity index (χ4v) is 4.74. The smallest absolute Gasteiger partial charge is 0.408 e. The molecule has 0 aliphatic heterocycles. The average Bonchev–Trinajstić information content (AvgIpc) is 3.59. The molecule has 3 amide bonds. The van der Waals surface area contributed by atoms with Crippen LogP contribution in [0.15, 0.2) is 54.6 Å². The number of carbonyl (C=O) groups excluding carboxylic acids is 3. The summed E-state index contributed by atoms with van der Waals surface area (Å²) in [4.78, 5) is 42.2. The van der Waals surface area contributed by atoms with Gasteiger partial charge < -0.3 is 25.4 Å². The van der Waals surface area contributed by atoms with E-state index in [-0.39, 0.29) is 29.5 Å². The van der Waals surface area contributed by atoms with Crippen molar-refractivity contribution < 1.29 is 24.2 Å². The summed E-state index contributed by atoms with van der Waals surface area (Å²) in [6, 6.07) is 14.0. The van der Waals surface area contributed by atoms with Gasteiger partial charge in [-0.25, -0.2) is 4.79 Å². The van der Waals surface area contributed by atoms with Crippen LogP contribution < -0.4 is 10.6 Å². The van der Waals surface area contributed by atoms with Gasteiger partial charge in [0, 0.05) is 12.6 Å². The molecule has 1 saturated carbocycles. The van der Waals surface area contributed by atoms with Crippen LogP contribution >= 0.6 is 11.8 Å². The molecule has 0 saturated heterocycles. The Morgan fingerprint density at radius 1 is 1.11 bits per heavy atom. The second kappa shape index (κ2) is 13.0. The summed E-state index contributed by atoms with van der Waals surface area (Å²) in [7, 11) is 0. The Kier molecular flexibility index (Phi) is 10.1. The van der Waals surface area contributed by atoms with Gasteiger partial charge in [-0.2, -0.15) is 11.8 Å². The number of benzene rings is 2. The molecule has 3 N–H and O–H groups in total. The first-order valence-corrected chi connectivity index (χ1v) is 14.3. The van der Waals surface area contributed by atoms with Crippen molar-refractivity contribution in [3.63, 3.8) is 0 Å². The molecule has 4 unspecified atom stereocenters. The molecule has 0 bridgehead atoms. The van der Waals surface area contributed by atoms with Gasteiger partial charge in [0.2, 0.25) is 11.8 Å². The normalized spacial score (nSPS) is 18.1. The number of thioether (sulfide) groups is 1. The Morgan fingerprint density at radius 3 is 2.29 bits per heavy atom.